The lowest BCUT2D eigenvalue weighted by Gasteiger charge is -2.15. The summed E-state index contributed by atoms with van der Waals surface area (Å²) in [5, 5.41) is 10.8. The molecule has 0 radical (unpaired) electrons. The number of hydrogen-bond acceptors (Lipinski definition) is 2. The van der Waals surface area contributed by atoms with Crippen LogP contribution < -0.4 is 0 Å². The van der Waals surface area contributed by atoms with Gasteiger partial charge < -0.3 is 5.11 Å². The minimum atomic E-state index is -0.963. The number of rotatable bonds is 1. The van der Waals surface area contributed by atoms with Crippen molar-refractivity contribution in [3.8, 4) is 21.6 Å². The Morgan fingerprint density at radius 1 is 0.958 bits per heavy atom. The Labute approximate surface area is 142 Å². The lowest BCUT2D eigenvalue weighted by atomic mass is 9.95. The van der Waals surface area contributed by atoms with E-state index in [4.69, 9.17) is 0 Å². The lowest BCUT2D eigenvalue weighted by Crippen LogP contribution is -2.03. The molecule has 2 aliphatic carbocycles. The Morgan fingerprint density at radius 2 is 1.75 bits per heavy atom. The highest BCUT2D eigenvalue weighted by molar-refractivity contribution is 7.16. The predicted octanol–water partition coefficient (Wildman–Crippen LogP) is 5.63. The molecule has 1 saturated carbocycles. The largest absolute Gasteiger partial charge is 0.384 e. The summed E-state index contributed by atoms with van der Waals surface area (Å²) in [5.74, 6) is -1.21. The van der Waals surface area contributed by atoms with Crippen molar-refractivity contribution in [3.63, 3.8) is 0 Å². The molecule has 1 aromatic heterocycles. The molecule has 24 heavy (non-hydrogen) atoms. The molecule has 5 rings (SSSR count). The Bertz CT molecular complexity index is 972. The second kappa shape index (κ2) is 4.98. The SMILES string of the molecule is OC1c2ccccc2-c2sc(C3CC3)cc2-c2c1ccc(F)c2F. The summed E-state index contributed by atoms with van der Waals surface area (Å²) in [6.45, 7) is 0. The predicted molar refractivity (Wildman–Crippen MR) is 91.1 cm³/mol. The molecule has 0 bridgehead atoms. The first kappa shape index (κ1) is 14.3. The zero-order chi connectivity index (χ0) is 16.4. The maximum absolute atomic E-state index is 14.7. The Balaban J connectivity index is 1.90. The molecule has 1 fully saturated rings. The van der Waals surface area contributed by atoms with Crippen molar-refractivity contribution in [2.75, 3.05) is 0 Å². The summed E-state index contributed by atoms with van der Waals surface area (Å²) in [6.07, 6.45) is 1.35. The smallest absolute Gasteiger partial charge is 0.167 e. The van der Waals surface area contributed by atoms with Gasteiger partial charge in [-0.05, 0) is 47.6 Å². The number of aliphatic hydroxyl groups excluding tert-OH is 1. The molecular weight excluding hydrogens is 326 g/mol. The van der Waals surface area contributed by atoms with Crippen molar-refractivity contribution >= 4 is 11.3 Å². The molecule has 4 heteroatoms. The van der Waals surface area contributed by atoms with Crippen LogP contribution in [0.3, 0.4) is 0 Å². The van der Waals surface area contributed by atoms with E-state index in [1.807, 2.05) is 30.3 Å². The average Bonchev–Trinajstić information content (AvgIpc) is 3.37. The van der Waals surface area contributed by atoms with Gasteiger partial charge in [-0.2, -0.15) is 0 Å². The molecule has 2 aliphatic rings. The summed E-state index contributed by atoms with van der Waals surface area (Å²) in [6, 6.07) is 12.2. The quantitative estimate of drug-likeness (QED) is 0.608. The molecule has 3 aromatic rings. The molecule has 1 N–H and O–H groups in total. The molecule has 120 valence electrons. The molecule has 0 aliphatic heterocycles. The minimum absolute atomic E-state index is 0.205. The van der Waals surface area contributed by atoms with Crippen molar-refractivity contribution in [3.05, 3.63) is 70.1 Å². The minimum Gasteiger partial charge on any atom is -0.384 e. The average molecular weight is 340 g/mol. The van der Waals surface area contributed by atoms with Crippen LogP contribution in [0.4, 0.5) is 8.78 Å². The van der Waals surface area contributed by atoms with Crippen molar-refractivity contribution in [2.45, 2.75) is 24.9 Å². The molecule has 2 aromatic carbocycles. The van der Waals surface area contributed by atoms with Crippen LogP contribution in [-0.2, 0) is 0 Å². The zero-order valence-corrected chi connectivity index (χ0v) is 13.5. The van der Waals surface area contributed by atoms with Gasteiger partial charge >= 0.3 is 0 Å². The van der Waals surface area contributed by atoms with Crippen molar-refractivity contribution in [2.24, 2.45) is 0 Å². The number of hydrogen-bond donors (Lipinski definition) is 1. The molecule has 0 spiro atoms. The fraction of sp³-hybridized carbons (Fsp3) is 0.200. The van der Waals surface area contributed by atoms with E-state index in [-0.39, 0.29) is 5.56 Å². The van der Waals surface area contributed by atoms with Gasteiger partial charge in [-0.3, -0.25) is 0 Å². The fourth-order valence-corrected chi connectivity index (χ4v) is 4.92. The monoisotopic (exact) mass is 340 g/mol. The lowest BCUT2D eigenvalue weighted by molar-refractivity contribution is 0.221. The van der Waals surface area contributed by atoms with Crippen molar-refractivity contribution in [1.29, 1.82) is 0 Å². The second-order valence-electron chi connectivity index (χ2n) is 6.48. The standard InChI is InChI=1S/C20H14F2OS/c21-15-8-7-13-17(18(15)22)14-9-16(10-5-6-10)24-20(14)12-4-2-1-3-11(12)19(13)23/h1-4,7-10,19,23H,5-6H2. The van der Waals surface area contributed by atoms with E-state index >= 15 is 0 Å². The van der Waals surface area contributed by atoms with E-state index < -0.39 is 17.7 Å². The molecule has 1 unspecified atom stereocenters. The third-order valence-electron chi connectivity index (χ3n) is 4.92. The third-order valence-corrected chi connectivity index (χ3v) is 6.25. The van der Waals surface area contributed by atoms with Crippen molar-refractivity contribution < 1.29 is 13.9 Å². The zero-order valence-electron chi connectivity index (χ0n) is 12.7. The van der Waals surface area contributed by atoms with Crippen LogP contribution >= 0.6 is 11.3 Å². The van der Waals surface area contributed by atoms with Crippen LogP contribution in [0.1, 0.15) is 40.9 Å². The molecular formula is C20H14F2OS. The topological polar surface area (TPSA) is 20.2 Å². The van der Waals surface area contributed by atoms with Gasteiger partial charge in [0.25, 0.3) is 0 Å². The van der Waals surface area contributed by atoms with E-state index in [0.717, 1.165) is 34.9 Å². The summed E-state index contributed by atoms with van der Waals surface area (Å²) in [7, 11) is 0. The van der Waals surface area contributed by atoms with Crippen LogP contribution in [0.25, 0.3) is 21.6 Å². The number of thiophene rings is 1. The van der Waals surface area contributed by atoms with E-state index in [0.29, 0.717) is 17.0 Å². The summed E-state index contributed by atoms with van der Waals surface area (Å²) >= 11 is 1.64. The number of benzene rings is 2. The van der Waals surface area contributed by atoms with Gasteiger partial charge in [0.1, 0.15) is 6.10 Å². The fourth-order valence-electron chi connectivity index (χ4n) is 3.54. The highest BCUT2D eigenvalue weighted by Gasteiger charge is 2.33. The first-order valence-corrected chi connectivity index (χ1v) is 8.86. The Morgan fingerprint density at radius 3 is 2.54 bits per heavy atom. The molecule has 1 heterocycles. The van der Waals surface area contributed by atoms with Crippen molar-refractivity contribution in [1.82, 2.24) is 0 Å². The van der Waals surface area contributed by atoms with E-state index in [9.17, 15) is 13.9 Å². The van der Waals surface area contributed by atoms with Gasteiger partial charge in [0.2, 0.25) is 0 Å². The van der Waals surface area contributed by atoms with E-state index in [1.54, 1.807) is 11.3 Å². The first-order chi connectivity index (χ1) is 11.6. The van der Waals surface area contributed by atoms with Gasteiger partial charge in [0.05, 0.1) is 0 Å². The number of aliphatic hydroxyl groups is 1. The maximum Gasteiger partial charge on any atom is 0.167 e. The van der Waals surface area contributed by atoms with E-state index in [1.165, 1.54) is 10.9 Å². The van der Waals surface area contributed by atoms with Crippen LogP contribution in [0.5, 0.6) is 0 Å². The third kappa shape index (κ3) is 1.93. The maximum atomic E-state index is 14.7. The summed E-state index contributed by atoms with van der Waals surface area (Å²) < 4.78 is 28.6. The van der Waals surface area contributed by atoms with Crippen LogP contribution in [0.15, 0.2) is 42.5 Å². The van der Waals surface area contributed by atoms with Gasteiger partial charge in [-0.25, -0.2) is 8.78 Å². The van der Waals surface area contributed by atoms with Gasteiger partial charge in [0.15, 0.2) is 11.6 Å². The molecule has 1 nitrogen and oxygen atoms in total. The summed E-state index contributed by atoms with van der Waals surface area (Å²) in [4.78, 5) is 2.15. The van der Waals surface area contributed by atoms with Gasteiger partial charge in [0, 0.05) is 20.9 Å². The second-order valence-corrected chi connectivity index (χ2v) is 7.57. The molecule has 1 atom stereocenters. The number of fused-ring (bicyclic) bond motifs is 5. The normalized spacial score (nSPS) is 18.5. The van der Waals surface area contributed by atoms with Gasteiger partial charge in [-0.15, -0.1) is 11.3 Å². The molecule has 0 amide bonds. The molecule has 0 saturated heterocycles. The van der Waals surface area contributed by atoms with Crippen LogP contribution in [-0.4, -0.2) is 5.11 Å². The first-order valence-electron chi connectivity index (χ1n) is 8.04. The highest BCUT2D eigenvalue weighted by atomic mass is 32.1. The van der Waals surface area contributed by atoms with Crippen LogP contribution in [0.2, 0.25) is 0 Å². The summed E-state index contributed by atoms with van der Waals surface area (Å²) in [5.41, 5.74) is 3.00. The van der Waals surface area contributed by atoms with Crippen LogP contribution in [0, 0.1) is 11.6 Å². The Kier molecular flexibility index (Phi) is 2.97. The van der Waals surface area contributed by atoms with E-state index in [2.05, 4.69) is 0 Å². The highest BCUT2D eigenvalue weighted by Crippen LogP contribution is 2.53. The number of halogens is 2. The van der Waals surface area contributed by atoms with Gasteiger partial charge in [-0.1, -0.05) is 30.3 Å². The Hall–Kier alpha value is -2.04.